The minimum atomic E-state index is -0.769. The average Bonchev–Trinajstić information content (AvgIpc) is 2.45. The maximum atomic E-state index is 12.0. The third-order valence-corrected chi connectivity index (χ3v) is 3.49. The molecule has 1 N–H and O–H groups in total. The van der Waals surface area contributed by atoms with Crippen LogP contribution in [0.15, 0.2) is 17.7 Å². The third kappa shape index (κ3) is 3.08. The highest BCUT2D eigenvalue weighted by molar-refractivity contribution is 6.37. The number of urea groups is 1. The Kier molecular flexibility index (Phi) is 4.73. The molecule has 1 fully saturated rings. The molecule has 4 amide bonds. The number of nitrogens with one attached hydrogen (secondary N) is 1. The molecule has 0 bridgehead atoms. The molecule has 1 aromatic rings. The monoisotopic (exact) mass is 342 g/mol. The van der Waals surface area contributed by atoms with Crippen LogP contribution in [0.5, 0.6) is 5.75 Å². The molecule has 2 rings (SSSR count). The third-order valence-electron chi connectivity index (χ3n) is 2.93. The number of hydrogen-bond acceptors (Lipinski definition) is 4. The smallest absolute Gasteiger partial charge is 0.331 e. The lowest BCUT2D eigenvalue weighted by atomic mass is 10.1. The number of amides is 4. The van der Waals surface area contributed by atoms with Gasteiger partial charge in [0, 0.05) is 7.05 Å². The number of barbiturate groups is 1. The van der Waals surface area contributed by atoms with Crippen molar-refractivity contribution in [2.24, 2.45) is 0 Å². The second-order valence-electron chi connectivity index (χ2n) is 4.43. The Balaban J connectivity index is 2.42. The van der Waals surface area contributed by atoms with Crippen LogP contribution < -0.4 is 10.1 Å². The molecular weight excluding hydrogens is 331 g/mol. The lowest BCUT2D eigenvalue weighted by molar-refractivity contribution is -0.129. The molecule has 1 aliphatic heterocycles. The van der Waals surface area contributed by atoms with Crippen molar-refractivity contribution in [2.75, 3.05) is 13.7 Å². The molecule has 0 spiro atoms. The molecular formula is C14H12Cl2N2O4. The number of likely N-dealkylation sites (N-methyl/N-ethyl adjacent to an activating group) is 1. The van der Waals surface area contributed by atoms with E-state index in [1.165, 1.54) is 25.3 Å². The van der Waals surface area contributed by atoms with Crippen LogP contribution in [0.2, 0.25) is 10.0 Å². The zero-order valence-electron chi connectivity index (χ0n) is 11.8. The van der Waals surface area contributed by atoms with E-state index in [2.05, 4.69) is 5.32 Å². The van der Waals surface area contributed by atoms with Crippen molar-refractivity contribution >= 4 is 47.1 Å². The SMILES string of the molecule is CCOc1c(Cl)cc(/C=C2\C(=O)NC(=O)N(C)C2=O)cc1Cl. The second kappa shape index (κ2) is 6.37. The molecule has 1 heterocycles. The topological polar surface area (TPSA) is 75.7 Å². The van der Waals surface area contributed by atoms with E-state index in [9.17, 15) is 14.4 Å². The summed E-state index contributed by atoms with van der Waals surface area (Å²) in [6.45, 7) is 2.19. The summed E-state index contributed by atoms with van der Waals surface area (Å²) in [4.78, 5) is 35.9. The van der Waals surface area contributed by atoms with E-state index in [-0.39, 0.29) is 15.6 Å². The normalized spacial score (nSPS) is 17.0. The van der Waals surface area contributed by atoms with Crippen molar-refractivity contribution in [3.8, 4) is 5.75 Å². The summed E-state index contributed by atoms with van der Waals surface area (Å²) in [6, 6.07) is 2.26. The van der Waals surface area contributed by atoms with Crippen molar-refractivity contribution in [3.63, 3.8) is 0 Å². The molecule has 6 nitrogen and oxygen atoms in total. The number of carbonyl (C=O) groups excluding carboxylic acids is 3. The fourth-order valence-corrected chi connectivity index (χ4v) is 2.47. The zero-order valence-corrected chi connectivity index (χ0v) is 13.3. The first-order valence-electron chi connectivity index (χ1n) is 6.32. The highest BCUT2D eigenvalue weighted by Crippen LogP contribution is 2.35. The summed E-state index contributed by atoms with van der Waals surface area (Å²) in [5.41, 5.74) is 0.262. The lowest BCUT2D eigenvalue weighted by Gasteiger charge is -2.22. The molecule has 0 atom stereocenters. The molecule has 0 unspecified atom stereocenters. The summed E-state index contributed by atoms with van der Waals surface area (Å²) >= 11 is 12.1. The van der Waals surface area contributed by atoms with Crippen molar-refractivity contribution in [3.05, 3.63) is 33.3 Å². The fraction of sp³-hybridized carbons (Fsp3) is 0.214. The Morgan fingerprint density at radius 2 is 1.82 bits per heavy atom. The van der Waals surface area contributed by atoms with Gasteiger partial charge in [-0.05, 0) is 30.7 Å². The van der Waals surface area contributed by atoms with Crippen LogP contribution in [0, 0.1) is 0 Å². The van der Waals surface area contributed by atoms with Crippen LogP contribution in [-0.2, 0) is 9.59 Å². The predicted molar refractivity (Wildman–Crippen MR) is 81.9 cm³/mol. The Bertz CT molecular complexity index is 677. The van der Waals surface area contributed by atoms with E-state index in [0.29, 0.717) is 17.9 Å². The molecule has 22 heavy (non-hydrogen) atoms. The van der Waals surface area contributed by atoms with E-state index in [0.717, 1.165) is 4.90 Å². The molecule has 0 aliphatic carbocycles. The lowest BCUT2D eigenvalue weighted by Crippen LogP contribution is -2.52. The van der Waals surface area contributed by atoms with E-state index >= 15 is 0 Å². The summed E-state index contributed by atoms with van der Waals surface area (Å²) in [5, 5.41) is 2.58. The van der Waals surface area contributed by atoms with Gasteiger partial charge in [-0.2, -0.15) is 0 Å². The molecule has 0 aromatic heterocycles. The summed E-state index contributed by atoms with van der Waals surface area (Å²) in [5.74, 6) is -1.14. The number of carbonyl (C=O) groups is 3. The maximum Gasteiger partial charge on any atom is 0.331 e. The number of halogens is 2. The van der Waals surface area contributed by atoms with Gasteiger partial charge < -0.3 is 4.74 Å². The van der Waals surface area contributed by atoms with Crippen LogP contribution >= 0.6 is 23.2 Å². The van der Waals surface area contributed by atoms with Crippen molar-refractivity contribution in [2.45, 2.75) is 6.92 Å². The van der Waals surface area contributed by atoms with E-state index in [4.69, 9.17) is 27.9 Å². The minimum absolute atomic E-state index is 0.182. The number of benzene rings is 1. The Hall–Kier alpha value is -2.05. The standard InChI is InChI=1S/C14H12Cl2N2O4/c1-3-22-11-9(15)5-7(6-10(11)16)4-8-12(19)17-14(21)18(2)13(8)20/h4-6H,3H2,1-2H3,(H,17,19,21)/b8-4+. The highest BCUT2D eigenvalue weighted by Gasteiger charge is 2.33. The first-order valence-corrected chi connectivity index (χ1v) is 7.07. The van der Waals surface area contributed by atoms with Crippen LogP contribution in [0.1, 0.15) is 12.5 Å². The highest BCUT2D eigenvalue weighted by atomic mass is 35.5. The average molecular weight is 343 g/mol. The largest absolute Gasteiger partial charge is 0.491 e. The van der Waals surface area contributed by atoms with E-state index in [1.54, 1.807) is 6.92 Å². The molecule has 0 radical (unpaired) electrons. The summed E-state index contributed by atoms with van der Waals surface area (Å²) in [6.07, 6.45) is 1.31. The number of rotatable bonds is 3. The molecule has 1 aliphatic rings. The van der Waals surface area contributed by atoms with E-state index < -0.39 is 17.8 Å². The Morgan fingerprint density at radius 3 is 2.36 bits per heavy atom. The van der Waals surface area contributed by atoms with Gasteiger partial charge in [0.25, 0.3) is 11.8 Å². The number of imide groups is 2. The Morgan fingerprint density at radius 1 is 1.23 bits per heavy atom. The number of nitrogens with zero attached hydrogens (tertiary/aromatic N) is 1. The fourth-order valence-electron chi connectivity index (χ4n) is 1.86. The van der Waals surface area contributed by atoms with Crippen LogP contribution in [0.25, 0.3) is 6.08 Å². The van der Waals surface area contributed by atoms with Gasteiger partial charge in [-0.25, -0.2) is 4.79 Å². The van der Waals surface area contributed by atoms with Crippen LogP contribution in [0.3, 0.4) is 0 Å². The van der Waals surface area contributed by atoms with Gasteiger partial charge in [0.1, 0.15) is 5.57 Å². The maximum absolute atomic E-state index is 12.0. The number of ether oxygens (including phenoxy) is 1. The molecule has 0 saturated carbocycles. The Labute approximate surface area is 136 Å². The molecule has 8 heteroatoms. The first-order chi connectivity index (χ1) is 10.3. The van der Waals surface area contributed by atoms with Gasteiger partial charge in [0.05, 0.1) is 16.7 Å². The van der Waals surface area contributed by atoms with Gasteiger partial charge in [-0.15, -0.1) is 0 Å². The zero-order chi connectivity index (χ0) is 16.4. The summed E-state index contributed by atoms with van der Waals surface area (Å²) in [7, 11) is 1.27. The van der Waals surface area contributed by atoms with Crippen molar-refractivity contribution in [1.82, 2.24) is 10.2 Å². The quantitative estimate of drug-likeness (QED) is 0.676. The minimum Gasteiger partial charge on any atom is -0.491 e. The second-order valence-corrected chi connectivity index (χ2v) is 5.24. The summed E-state index contributed by atoms with van der Waals surface area (Å²) < 4.78 is 5.30. The van der Waals surface area contributed by atoms with Crippen molar-refractivity contribution < 1.29 is 19.1 Å². The van der Waals surface area contributed by atoms with Gasteiger partial charge in [-0.3, -0.25) is 19.8 Å². The van der Waals surface area contributed by atoms with E-state index in [1.807, 2.05) is 0 Å². The molecule has 116 valence electrons. The van der Waals surface area contributed by atoms with Crippen molar-refractivity contribution in [1.29, 1.82) is 0 Å². The van der Waals surface area contributed by atoms with Gasteiger partial charge in [-0.1, -0.05) is 23.2 Å². The molecule has 1 saturated heterocycles. The van der Waals surface area contributed by atoms with Crippen LogP contribution in [-0.4, -0.2) is 36.4 Å². The first kappa shape index (κ1) is 16.3. The van der Waals surface area contributed by atoms with Crippen LogP contribution in [0.4, 0.5) is 4.79 Å². The number of hydrogen-bond donors (Lipinski definition) is 1. The predicted octanol–water partition coefficient (Wildman–Crippen LogP) is 2.48. The van der Waals surface area contributed by atoms with Gasteiger partial charge >= 0.3 is 6.03 Å². The molecule has 1 aromatic carbocycles. The van der Waals surface area contributed by atoms with Gasteiger partial charge in [0.2, 0.25) is 0 Å². The van der Waals surface area contributed by atoms with Gasteiger partial charge in [0.15, 0.2) is 5.75 Å².